The van der Waals surface area contributed by atoms with Crippen LogP contribution in [-0.2, 0) is 0 Å². The molecule has 2 nitrogen and oxygen atoms in total. The molecule has 0 saturated heterocycles. The molecule has 0 aliphatic carbocycles. The van der Waals surface area contributed by atoms with Crippen LogP contribution in [-0.4, -0.2) is 14.2 Å². The van der Waals surface area contributed by atoms with Crippen LogP contribution in [0.1, 0.15) is 0 Å². The fraction of sp³-hybridized carbons (Fsp3) is 0.111. The van der Waals surface area contributed by atoms with E-state index < -0.39 is 0 Å². The van der Waals surface area contributed by atoms with E-state index >= 15 is 0 Å². The first-order valence-corrected chi connectivity index (χ1v) is 7.01. The van der Waals surface area contributed by atoms with E-state index in [1.807, 2.05) is 36.4 Å². The lowest BCUT2D eigenvalue weighted by Crippen LogP contribution is -1.90. The maximum absolute atomic E-state index is 5.94. The van der Waals surface area contributed by atoms with Gasteiger partial charge in [0.15, 0.2) is 11.5 Å². The number of ether oxygens (including phenoxy) is 2. The Labute approximate surface area is 128 Å². The highest BCUT2D eigenvalue weighted by Crippen LogP contribution is 2.34. The average molecular weight is 299 g/mol. The second-order valence-electron chi connectivity index (χ2n) is 4.78. The minimum absolute atomic E-state index is 0.734. The minimum Gasteiger partial charge on any atom is -0.493 e. The van der Waals surface area contributed by atoms with E-state index in [-0.39, 0.29) is 0 Å². The first-order valence-electron chi connectivity index (χ1n) is 6.63. The summed E-state index contributed by atoms with van der Waals surface area (Å²) in [4.78, 5) is 0. The summed E-state index contributed by atoms with van der Waals surface area (Å²) in [5.74, 6) is 1.47. The number of halogens is 1. The molecule has 0 radical (unpaired) electrons. The van der Waals surface area contributed by atoms with E-state index in [0.29, 0.717) is 0 Å². The Morgan fingerprint density at radius 2 is 1.24 bits per heavy atom. The summed E-state index contributed by atoms with van der Waals surface area (Å²) in [6.07, 6.45) is 0. The van der Waals surface area contributed by atoms with Gasteiger partial charge in [0.2, 0.25) is 0 Å². The zero-order valence-corrected chi connectivity index (χ0v) is 12.6. The lowest BCUT2D eigenvalue weighted by molar-refractivity contribution is 0.356. The van der Waals surface area contributed by atoms with Crippen molar-refractivity contribution in [3.63, 3.8) is 0 Å². The second kappa shape index (κ2) is 5.66. The molecule has 0 amide bonds. The van der Waals surface area contributed by atoms with Gasteiger partial charge in [0.25, 0.3) is 0 Å². The summed E-state index contributed by atoms with van der Waals surface area (Å²) >= 11 is 5.94. The number of hydrogen-bond acceptors (Lipinski definition) is 2. The highest BCUT2D eigenvalue weighted by Gasteiger charge is 2.07. The molecule has 0 fully saturated rings. The summed E-state index contributed by atoms with van der Waals surface area (Å²) in [6, 6.07) is 18.1. The van der Waals surface area contributed by atoms with Crippen LogP contribution >= 0.6 is 11.6 Å². The first-order chi connectivity index (χ1) is 10.2. The zero-order valence-electron chi connectivity index (χ0n) is 11.9. The van der Waals surface area contributed by atoms with Gasteiger partial charge >= 0.3 is 0 Å². The molecule has 0 aromatic heterocycles. The molecule has 0 N–H and O–H groups in total. The monoisotopic (exact) mass is 298 g/mol. The van der Waals surface area contributed by atoms with Crippen LogP contribution in [0, 0.1) is 0 Å². The molecule has 0 aliphatic rings. The van der Waals surface area contributed by atoms with Crippen LogP contribution in [0.15, 0.2) is 54.6 Å². The highest BCUT2D eigenvalue weighted by molar-refractivity contribution is 6.30. The van der Waals surface area contributed by atoms with Crippen LogP contribution in [0.25, 0.3) is 21.9 Å². The van der Waals surface area contributed by atoms with Gasteiger partial charge in [-0.15, -0.1) is 0 Å². The van der Waals surface area contributed by atoms with Crippen molar-refractivity contribution in [2.75, 3.05) is 14.2 Å². The summed E-state index contributed by atoms with van der Waals surface area (Å²) < 4.78 is 10.7. The Balaban J connectivity index is 2.13. The Morgan fingerprint density at radius 3 is 1.86 bits per heavy atom. The molecule has 21 heavy (non-hydrogen) atoms. The lowest BCUT2D eigenvalue weighted by Gasteiger charge is -2.10. The molecule has 0 heterocycles. The summed E-state index contributed by atoms with van der Waals surface area (Å²) in [6.45, 7) is 0. The largest absolute Gasteiger partial charge is 0.493 e. The molecule has 106 valence electrons. The van der Waals surface area contributed by atoms with Crippen LogP contribution in [0.4, 0.5) is 0 Å². The van der Waals surface area contributed by atoms with Gasteiger partial charge in [0, 0.05) is 5.02 Å². The van der Waals surface area contributed by atoms with E-state index in [1.165, 1.54) is 0 Å². The smallest absolute Gasteiger partial charge is 0.161 e. The second-order valence-corrected chi connectivity index (χ2v) is 5.21. The van der Waals surface area contributed by atoms with Gasteiger partial charge in [-0.25, -0.2) is 0 Å². The van der Waals surface area contributed by atoms with Crippen molar-refractivity contribution in [1.29, 1.82) is 0 Å². The third-order valence-corrected chi connectivity index (χ3v) is 3.77. The molecule has 0 spiro atoms. The van der Waals surface area contributed by atoms with Gasteiger partial charge in [0.1, 0.15) is 0 Å². The Kier molecular flexibility index (Phi) is 3.72. The van der Waals surface area contributed by atoms with E-state index in [0.717, 1.165) is 38.4 Å². The molecule has 3 aromatic rings. The zero-order chi connectivity index (χ0) is 14.8. The Hall–Kier alpha value is -2.19. The van der Waals surface area contributed by atoms with Crippen molar-refractivity contribution in [1.82, 2.24) is 0 Å². The van der Waals surface area contributed by atoms with Crippen molar-refractivity contribution < 1.29 is 9.47 Å². The lowest BCUT2D eigenvalue weighted by atomic mass is 10.0. The molecule has 0 saturated carbocycles. The van der Waals surface area contributed by atoms with Crippen molar-refractivity contribution in [2.24, 2.45) is 0 Å². The normalized spacial score (nSPS) is 10.6. The van der Waals surface area contributed by atoms with Gasteiger partial charge in [-0.05, 0) is 52.2 Å². The molecule has 3 rings (SSSR count). The molecule has 3 aromatic carbocycles. The highest BCUT2D eigenvalue weighted by atomic mass is 35.5. The van der Waals surface area contributed by atoms with Gasteiger partial charge in [0.05, 0.1) is 14.2 Å². The molecule has 3 heteroatoms. The van der Waals surface area contributed by atoms with Crippen LogP contribution in [0.2, 0.25) is 5.02 Å². The van der Waals surface area contributed by atoms with Crippen molar-refractivity contribution >= 4 is 22.4 Å². The summed E-state index contributed by atoms with van der Waals surface area (Å²) in [7, 11) is 3.29. The van der Waals surface area contributed by atoms with Gasteiger partial charge in [-0.1, -0.05) is 35.9 Å². The minimum atomic E-state index is 0.734. The predicted molar refractivity (Wildman–Crippen MR) is 87.5 cm³/mol. The van der Waals surface area contributed by atoms with Crippen LogP contribution < -0.4 is 9.47 Å². The SMILES string of the molecule is COc1cc2ccc(-c3ccc(Cl)cc3)cc2cc1OC. The predicted octanol–water partition coefficient (Wildman–Crippen LogP) is 5.18. The third kappa shape index (κ3) is 2.67. The number of methoxy groups -OCH3 is 2. The Morgan fingerprint density at radius 1 is 0.667 bits per heavy atom. The van der Waals surface area contributed by atoms with Crippen LogP contribution in [0.3, 0.4) is 0 Å². The van der Waals surface area contributed by atoms with E-state index in [9.17, 15) is 0 Å². The van der Waals surface area contributed by atoms with E-state index in [2.05, 4.69) is 18.2 Å². The average Bonchev–Trinajstić information content (AvgIpc) is 2.53. The quantitative estimate of drug-likeness (QED) is 0.663. The van der Waals surface area contributed by atoms with Crippen molar-refractivity contribution in [3.8, 4) is 22.6 Å². The van der Waals surface area contributed by atoms with E-state index in [4.69, 9.17) is 21.1 Å². The number of benzene rings is 3. The number of rotatable bonds is 3. The molecular formula is C18H15ClO2. The maximum atomic E-state index is 5.94. The number of hydrogen-bond donors (Lipinski definition) is 0. The molecule has 0 atom stereocenters. The molecular weight excluding hydrogens is 284 g/mol. The summed E-state index contributed by atoms with van der Waals surface area (Å²) in [5, 5.41) is 2.97. The molecule has 0 unspecified atom stereocenters. The number of fused-ring (bicyclic) bond motifs is 1. The maximum Gasteiger partial charge on any atom is 0.161 e. The summed E-state index contributed by atoms with van der Waals surface area (Å²) in [5.41, 5.74) is 2.28. The first kappa shape index (κ1) is 13.8. The van der Waals surface area contributed by atoms with Gasteiger partial charge < -0.3 is 9.47 Å². The third-order valence-electron chi connectivity index (χ3n) is 3.52. The molecule has 0 bridgehead atoms. The van der Waals surface area contributed by atoms with Crippen LogP contribution in [0.5, 0.6) is 11.5 Å². The van der Waals surface area contributed by atoms with Gasteiger partial charge in [-0.3, -0.25) is 0 Å². The fourth-order valence-corrected chi connectivity index (χ4v) is 2.52. The van der Waals surface area contributed by atoms with Crippen molar-refractivity contribution in [3.05, 3.63) is 59.6 Å². The standard InChI is InChI=1S/C18H15ClO2/c1-20-17-10-14-4-3-13(9-15(14)11-18(17)21-2)12-5-7-16(19)8-6-12/h3-11H,1-2H3. The topological polar surface area (TPSA) is 18.5 Å². The fourth-order valence-electron chi connectivity index (χ4n) is 2.40. The Bertz CT molecular complexity index is 779. The van der Waals surface area contributed by atoms with Crippen molar-refractivity contribution in [2.45, 2.75) is 0 Å². The van der Waals surface area contributed by atoms with E-state index in [1.54, 1.807) is 14.2 Å². The van der Waals surface area contributed by atoms with Gasteiger partial charge in [-0.2, -0.15) is 0 Å². The molecule has 0 aliphatic heterocycles.